The number of aromatic nitrogens is 4. The molecule has 0 spiro atoms. The third-order valence-corrected chi connectivity index (χ3v) is 3.36. The fourth-order valence-corrected chi connectivity index (χ4v) is 2.17. The molecule has 2 aromatic rings. The number of aryl methyl sites for hydroxylation is 2. The average Bonchev–Trinajstić information content (AvgIpc) is 3.03. The van der Waals surface area contributed by atoms with Crippen LogP contribution in [0.1, 0.15) is 11.6 Å². The maximum absolute atomic E-state index is 10.8. The Kier molecular flexibility index (Phi) is 5.01. The van der Waals surface area contributed by atoms with Gasteiger partial charge in [0.2, 0.25) is 0 Å². The van der Waals surface area contributed by atoms with Gasteiger partial charge in [0.1, 0.15) is 25.5 Å². The van der Waals surface area contributed by atoms with Gasteiger partial charge in [-0.25, -0.2) is 19.1 Å². The van der Waals surface area contributed by atoms with Gasteiger partial charge >= 0.3 is 11.6 Å². The molecule has 124 valence electrons. The van der Waals surface area contributed by atoms with Crippen LogP contribution in [-0.4, -0.2) is 42.2 Å². The normalized spacial score (nSPS) is 10.9. The predicted molar refractivity (Wildman–Crippen MR) is 78.1 cm³/mol. The molecule has 0 fully saturated rings. The van der Waals surface area contributed by atoms with Gasteiger partial charge in [0.05, 0.1) is 13.2 Å². The molecule has 0 atom stereocenters. The highest BCUT2D eigenvalue weighted by atomic mass is 16.6. The van der Waals surface area contributed by atoms with Crippen molar-refractivity contribution in [2.45, 2.75) is 26.9 Å². The van der Waals surface area contributed by atoms with E-state index in [1.165, 1.54) is 21.5 Å². The quantitative estimate of drug-likeness (QED) is 0.405. The Bertz CT molecular complexity index is 661. The largest absolute Gasteiger partial charge is 0.373 e. The third-order valence-electron chi connectivity index (χ3n) is 3.36. The van der Waals surface area contributed by atoms with Crippen molar-refractivity contribution in [1.82, 2.24) is 19.1 Å². The molecule has 0 unspecified atom stereocenters. The number of imidazole rings is 2. The molecule has 2 rings (SSSR count). The van der Waals surface area contributed by atoms with Crippen molar-refractivity contribution in [3.63, 3.8) is 0 Å². The summed E-state index contributed by atoms with van der Waals surface area (Å²) >= 11 is 0. The number of hydrogen-bond donors (Lipinski definition) is 0. The summed E-state index contributed by atoms with van der Waals surface area (Å²) in [6.45, 7) is 4.38. The Hall–Kier alpha value is -2.82. The van der Waals surface area contributed by atoms with Crippen molar-refractivity contribution < 1.29 is 14.6 Å². The van der Waals surface area contributed by atoms with E-state index in [9.17, 15) is 20.2 Å². The van der Waals surface area contributed by atoms with Crippen LogP contribution in [0.25, 0.3) is 0 Å². The van der Waals surface area contributed by atoms with E-state index in [1.807, 2.05) is 0 Å². The molecular formula is C12H16N6O5. The van der Waals surface area contributed by atoms with Crippen LogP contribution < -0.4 is 0 Å². The Morgan fingerprint density at radius 3 is 1.70 bits per heavy atom. The summed E-state index contributed by atoms with van der Waals surface area (Å²) in [5, 5.41) is 21.7. The van der Waals surface area contributed by atoms with Crippen molar-refractivity contribution in [1.29, 1.82) is 0 Å². The fraction of sp³-hybridized carbons (Fsp3) is 0.500. The van der Waals surface area contributed by atoms with Crippen molar-refractivity contribution in [3.8, 4) is 0 Å². The van der Waals surface area contributed by atoms with Crippen LogP contribution in [0.3, 0.4) is 0 Å². The van der Waals surface area contributed by atoms with Crippen molar-refractivity contribution in [2.75, 3.05) is 13.2 Å². The Morgan fingerprint density at radius 2 is 1.35 bits per heavy atom. The Morgan fingerprint density at radius 1 is 0.957 bits per heavy atom. The lowest BCUT2D eigenvalue weighted by molar-refractivity contribution is -0.392. The standard InChI is InChI=1S/C12H16N6O5/c1-9-13-7-11(17(19)20)15(9)3-5-23-6-4-16-10(2)14-8-12(16)18(21)22/h7-8H,3-6H2,1-2H3. The SMILES string of the molecule is Cc1ncc([N+](=O)[O-])n1CCOCCn1c([N+](=O)[O-])cnc1C. The predicted octanol–water partition coefficient (Wildman–Crippen LogP) is 1.23. The first-order valence-corrected chi connectivity index (χ1v) is 6.82. The molecule has 0 saturated carbocycles. The van der Waals surface area contributed by atoms with Crippen LogP contribution in [0.2, 0.25) is 0 Å². The highest BCUT2D eigenvalue weighted by Gasteiger charge is 2.18. The minimum Gasteiger partial charge on any atom is -0.373 e. The maximum Gasteiger partial charge on any atom is 0.342 e. The van der Waals surface area contributed by atoms with E-state index >= 15 is 0 Å². The maximum atomic E-state index is 10.8. The molecular weight excluding hydrogens is 308 g/mol. The second kappa shape index (κ2) is 6.96. The summed E-state index contributed by atoms with van der Waals surface area (Å²) < 4.78 is 8.32. The van der Waals surface area contributed by atoms with Crippen LogP contribution in [0.15, 0.2) is 12.4 Å². The molecule has 0 amide bonds. The Balaban J connectivity index is 1.85. The molecule has 0 bridgehead atoms. The van der Waals surface area contributed by atoms with E-state index in [0.717, 1.165) is 0 Å². The first kappa shape index (κ1) is 16.5. The number of nitrogens with zero attached hydrogens (tertiary/aromatic N) is 6. The molecule has 11 nitrogen and oxygen atoms in total. The third kappa shape index (κ3) is 3.69. The van der Waals surface area contributed by atoms with Gasteiger partial charge in [-0.2, -0.15) is 0 Å². The van der Waals surface area contributed by atoms with E-state index in [-0.39, 0.29) is 37.9 Å². The molecule has 0 aliphatic rings. The topological polar surface area (TPSA) is 131 Å². The number of nitro groups is 2. The molecule has 0 aliphatic carbocycles. The minimum absolute atomic E-state index is 0.0906. The molecule has 0 saturated heterocycles. The van der Waals surface area contributed by atoms with Crippen LogP contribution in [0.4, 0.5) is 11.6 Å². The average molecular weight is 324 g/mol. The molecule has 0 N–H and O–H groups in total. The lowest BCUT2D eigenvalue weighted by Crippen LogP contribution is -2.14. The fourth-order valence-electron chi connectivity index (χ4n) is 2.17. The first-order chi connectivity index (χ1) is 10.9. The highest BCUT2D eigenvalue weighted by Crippen LogP contribution is 2.14. The van der Waals surface area contributed by atoms with Gasteiger partial charge in [-0.1, -0.05) is 0 Å². The van der Waals surface area contributed by atoms with Gasteiger partial charge in [0.25, 0.3) is 0 Å². The van der Waals surface area contributed by atoms with Crippen molar-refractivity contribution in [3.05, 3.63) is 44.3 Å². The molecule has 0 aliphatic heterocycles. The van der Waals surface area contributed by atoms with E-state index < -0.39 is 9.85 Å². The van der Waals surface area contributed by atoms with Gasteiger partial charge in [0, 0.05) is 13.8 Å². The number of rotatable bonds is 8. The summed E-state index contributed by atoms with van der Waals surface area (Å²) in [4.78, 5) is 28.5. The second-order valence-corrected chi connectivity index (χ2v) is 4.76. The molecule has 11 heteroatoms. The summed E-state index contributed by atoms with van der Waals surface area (Å²) in [5.74, 6) is 0.877. The number of hydrogen-bond acceptors (Lipinski definition) is 7. The van der Waals surface area contributed by atoms with E-state index in [1.54, 1.807) is 13.8 Å². The summed E-state index contributed by atoms with van der Waals surface area (Å²) in [5.41, 5.74) is 0. The van der Waals surface area contributed by atoms with E-state index in [4.69, 9.17) is 4.74 Å². The Labute approximate surface area is 130 Å². The zero-order chi connectivity index (χ0) is 17.0. The monoisotopic (exact) mass is 324 g/mol. The van der Waals surface area contributed by atoms with Crippen molar-refractivity contribution >= 4 is 11.6 Å². The molecule has 23 heavy (non-hydrogen) atoms. The smallest absolute Gasteiger partial charge is 0.342 e. The van der Waals surface area contributed by atoms with Crippen LogP contribution in [0, 0.1) is 34.1 Å². The van der Waals surface area contributed by atoms with E-state index in [2.05, 4.69) is 9.97 Å². The zero-order valence-electron chi connectivity index (χ0n) is 12.7. The lowest BCUT2D eigenvalue weighted by Gasteiger charge is -2.05. The van der Waals surface area contributed by atoms with Gasteiger partial charge in [0.15, 0.2) is 11.6 Å². The highest BCUT2D eigenvalue weighted by molar-refractivity contribution is 5.19. The van der Waals surface area contributed by atoms with E-state index in [0.29, 0.717) is 11.6 Å². The number of ether oxygens (including phenoxy) is 1. The zero-order valence-corrected chi connectivity index (χ0v) is 12.7. The molecule has 0 aromatic carbocycles. The summed E-state index contributed by atoms with van der Waals surface area (Å²) in [7, 11) is 0. The minimum atomic E-state index is -0.502. The van der Waals surface area contributed by atoms with Gasteiger partial charge in [-0.3, -0.25) is 0 Å². The summed E-state index contributed by atoms with van der Waals surface area (Å²) in [6.07, 6.45) is 2.40. The lowest BCUT2D eigenvalue weighted by atomic mass is 10.5. The van der Waals surface area contributed by atoms with Gasteiger partial charge < -0.3 is 25.0 Å². The van der Waals surface area contributed by atoms with Crippen LogP contribution in [-0.2, 0) is 17.8 Å². The second-order valence-electron chi connectivity index (χ2n) is 4.76. The van der Waals surface area contributed by atoms with Crippen molar-refractivity contribution in [2.24, 2.45) is 0 Å². The molecule has 2 aromatic heterocycles. The first-order valence-electron chi connectivity index (χ1n) is 6.82. The van der Waals surface area contributed by atoms with Crippen LogP contribution >= 0.6 is 0 Å². The van der Waals surface area contributed by atoms with Gasteiger partial charge in [-0.05, 0) is 9.85 Å². The van der Waals surface area contributed by atoms with Crippen LogP contribution in [0.5, 0.6) is 0 Å². The molecule has 0 radical (unpaired) electrons. The van der Waals surface area contributed by atoms with Gasteiger partial charge in [-0.15, -0.1) is 0 Å². The molecule has 2 heterocycles. The summed E-state index contributed by atoms with van der Waals surface area (Å²) in [6, 6.07) is 0.